The van der Waals surface area contributed by atoms with Crippen molar-refractivity contribution in [3.63, 3.8) is 0 Å². The van der Waals surface area contributed by atoms with E-state index in [1.165, 1.54) is 0 Å². The zero-order chi connectivity index (χ0) is 21.1. The van der Waals surface area contributed by atoms with Gasteiger partial charge in [-0.1, -0.05) is 30.3 Å². The summed E-state index contributed by atoms with van der Waals surface area (Å²) >= 11 is 0. The minimum absolute atomic E-state index is 0.124. The summed E-state index contributed by atoms with van der Waals surface area (Å²) in [6.45, 7) is 5.72. The Kier molecular flexibility index (Phi) is 6.69. The maximum atomic E-state index is 11.6. The summed E-state index contributed by atoms with van der Waals surface area (Å²) in [4.78, 5) is 7.38. The van der Waals surface area contributed by atoms with Gasteiger partial charge in [0, 0.05) is 12.0 Å². The molecule has 1 aromatic rings. The first-order valence-corrected chi connectivity index (χ1v) is 10.7. The van der Waals surface area contributed by atoms with Crippen LogP contribution in [0.15, 0.2) is 41.1 Å². The first-order valence-electron chi connectivity index (χ1n) is 10.7. The smallest absolute Gasteiger partial charge is 0.129 e. The number of phenols is 1. The van der Waals surface area contributed by atoms with Crippen LogP contribution in [0.3, 0.4) is 0 Å². The van der Waals surface area contributed by atoms with Crippen LogP contribution in [0.25, 0.3) is 0 Å². The number of allylic oxidation sites excluding steroid dienone is 2. The van der Waals surface area contributed by atoms with Crippen molar-refractivity contribution in [3.8, 4) is 5.75 Å². The van der Waals surface area contributed by atoms with Crippen molar-refractivity contribution in [2.45, 2.75) is 57.5 Å². The van der Waals surface area contributed by atoms with Crippen molar-refractivity contribution >= 4 is 6.21 Å². The number of rotatable bonds is 7. The molecule has 2 aliphatic rings. The van der Waals surface area contributed by atoms with E-state index in [1.54, 1.807) is 12.3 Å². The van der Waals surface area contributed by atoms with Crippen LogP contribution in [-0.2, 0) is 4.84 Å². The molecule has 2 saturated carbocycles. The molecule has 5 nitrogen and oxygen atoms in total. The van der Waals surface area contributed by atoms with E-state index < -0.39 is 5.60 Å². The second-order valence-corrected chi connectivity index (χ2v) is 9.41. The van der Waals surface area contributed by atoms with E-state index in [1.807, 2.05) is 26.2 Å². The van der Waals surface area contributed by atoms with Crippen molar-refractivity contribution in [2.24, 2.45) is 16.5 Å². The standard InChI is InChI=1S/C24H36N2O3/c1-18(17-25-29-13-12-26(3)4)14-21-9-11-24(28)16-20(8-10-23(21,24)2)19-6-5-7-22(27)15-19/h5-7,14-15,17,20-21,27-28H,8-13,16H2,1-4H3/b18-14+,25-17+/t20-,21+,23+,24-/m0/s1. The number of likely N-dealkylation sites (N-methyl/N-ethyl adjacent to an activating group) is 1. The number of nitrogens with zero attached hydrogens (tertiary/aromatic N) is 2. The first kappa shape index (κ1) is 21.8. The summed E-state index contributed by atoms with van der Waals surface area (Å²) in [5, 5.41) is 25.5. The molecule has 29 heavy (non-hydrogen) atoms. The highest BCUT2D eigenvalue weighted by atomic mass is 16.6. The molecule has 160 valence electrons. The Hall–Kier alpha value is -1.85. The quantitative estimate of drug-likeness (QED) is 0.406. The summed E-state index contributed by atoms with van der Waals surface area (Å²) in [6, 6.07) is 7.52. The van der Waals surface area contributed by atoms with E-state index in [2.05, 4.69) is 36.0 Å². The molecular weight excluding hydrogens is 364 g/mol. The van der Waals surface area contributed by atoms with E-state index >= 15 is 0 Å². The van der Waals surface area contributed by atoms with Gasteiger partial charge in [0.25, 0.3) is 0 Å². The third kappa shape index (κ3) is 4.84. The molecule has 0 aromatic heterocycles. The van der Waals surface area contributed by atoms with Gasteiger partial charge in [-0.2, -0.15) is 0 Å². The van der Waals surface area contributed by atoms with E-state index in [0.717, 1.165) is 49.8 Å². The molecule has 4 atom stereocenters. The lowest BCUT2D eigenvalue weighted by molar-refractivity contribution is -0.0985. The number of phenolic OH excluding ortho intramolecular Hbond substituents is 1. The number of aromatic hydroxyl groups is 1. The molecule has 0 spiro atoms. The lowest BCUT2D eigenvalue weighted by atomic mass is 9.59. The zero-order valence-corrected chi connectivity index (χ0v) is 18.3. The van der Waals surface area contributed by atoms with Gasteiger partial charge in [-0.3, -0.25) is 0 Å². The van der Waals surface area contributed by atoms with Crippen LogP contribution in [0.2, 0.25) is 0 Å². The molecule has 2 aliphatic carbocycles. The van der Waals surface area contributed by atoms with Gasteiger partial charge in [0.1, 0.15) is 12.4 Å². The fraction of sp³-hybridized carbons (Fsp3) is 0.625. The minimum Gasteiger partial charge on any atom is -0.508 e. The largest absolute Gasteiger partial charge is 0.508 e. The SMILES string of the molecule is CC(/C=N/OCCN(C)C)=C\[C@H]1CC[C@]2(O)C[C@@H](c3cccc(O)c3)CC[C@]12C. The van der Waals surface area contributed by atoms with Gasteiger partial charge < -0.3 is 20.0 Å². The first-order chi connectivity index (χ1) is 13.7. The maximum Gasteiger partial charge on any atom is 0.129 e. The molecular formula is C24H36N2O3. The Bertz CT molecular complexity index is 760. The fourth-order valence-electron chi connectivity index (χ4n) is 5.17. The van der Waals surface area contributed by atoms with Crippen LogP contribution in [0.5, 0.6) is 5.75 Å². The molecule has 0 amide bonds. The van der Waals surface area contributed by atoms with Gasteiger partial charge in [-0.25, -0.2) is 0 Å². The van der Waals surface area contributed by atoms with Crippen LogP contribution >= 0.6 is 0 Å². The summed E-state index contributed by atoms with van der Waals surface area (Å²) in [5.74, 6) is 0.944. The Morgan fingerprint density at radius 1 is 1.31 bits per heavy atom. The molecule has 0 bridgehead atoms. The number of fused-ring (bicyclic) bond motifs is 1. The van der Waals surface area contributed by atoms with Crippen molar-refractivity contribution < 1.29 is 15.1 Å². The highest BCUT2D eigenvalue weighted by Gasteiger charge is 2.58. The number of benzene rings is 1. The number of hydrogen-bond donors (Lipinski definition) is 2. The van der Waals surface area contributed by atoms with Crippen molar-refractivity contribution in [1.29, 1.82) is 0 Å². The second kappa shape index (κ2) is 8.88. The van der Waals surface area contributed by atoms with Crippen molar-refractivity contribution in [1.82, 2.24) is 4.90 Å². The van der Waals surface area contributed by atoms with Gasteiger partial charge in [-0.05, 0) is 88.2 Å². The summed E-state index contributed by atoms with van der Waals surface area (Å²) in [7, 11) is 4.02. The zero-order valence-electron chi connectivity index (χ0n) is 18.3. The minimum atomic E-state index is -0.665. The third-order valence-electron chi connectivity index (χ3n) is 7.11. The highest BCUT2D eigenvalue weighted by molar-refractivity contribution is 5.77. The third-order valence-corrected chi connectivity index (χ3v) is 7.11. The monoisotopic (exact) mass is 400 g/mol. The summed E-state index contributed by atoms with van der Waals surface area (Å²) < 4.78 is 0. The van der Waals surface area contributed by atoms with E-state index in [0.29, 0.717) is 24.2 Å². The number of aliphatic hydroxyl groups is 1. The van der Waals surface area contributed by atoms with Crippen LogP contribution in [0.1, 0.15) is 57.4 Å². The number of oxime groups is 1. The Balaban J connectivity index is 1.65. The Labute approximate surface area is 175 Å². The summed E-state index contributed by atoms with van der Waals surface area (Å²) in [5.41, 5.74) is 1.43. The Morgan fingerprint density at radius 3 is 2.83 bits per heavy atom. The van der Waals surface area contributed by atoms with E-state index in [-0.39, 0.29) is 5.41 Å². The Morgan fingerprint density at radius 2 is 2.10 bits per heavy atom. The molecule has 5 heteroatoms. The molecule has 2 fully saturated rings. The molecule has 0 radical (unpaired) electrons. The van der Waals surface area contributed by atoms with Crippen LogP contribution in [-0.4, -0.2) is 54.2 Å². The van der Waals surface area contributed by atoms with E-state index in [9.17, 15) is 10.2 Å². The topological polar surface area (TPSA) is 65.3 Å². The van der Waals surface area contributed by atoms with Crippen molar-refractivity contribution in [3.05, 3.63) is 41.5 Å². The molecule has 0 saturated heterocycles. The lowest BCUT2D eigenvalue weighted by Crippen LogP contribution is -2.49. The average Bonchev–Trinajstić information content (AvgIpc) is 2.92. The van der Waals surface area contributed by atoms with Crippen molar-refractivity contribution in [2.75, 3.05) is 27.2 Å². The van der Waals surface area contributed by atoms with Gasteiger partial charge >= 0.3 is 0 Å². The van der Waals surface area contributed by atoms with Gasteiger partial charge in [-0.15, -0.1) is 0 Å². The average molecular weight is 401 g/mol. The molecule has 0 aliphatic heterocycles. The fourth-order valence-corrected chi connectivity index (χ4v) is 5.17. The predicted octanol–water partition coefficient (Wildman–Crippen LogP) is 4.32. The molecule has 2 N–H and O–H groups in total. The van der Waals surface area contributed by atoms with Gasteiger partial charge in [0.05, 0.1) is 11.8 Å². The van der Waals surface area contributed by atoms with E-state index in [4.69, 9.17) is 4.84 Å². The van der Waals surface area contributed by atoms with Crippen LogP contribution in [0, 0.1) is 11.3 Å². The molecule has 0 heterocycles. The van der Waals surface area contributed by atoms with Gasteiger partial charge in [0.15, 0.2) is 0 Å². The van der Waals surface area contributed by atoms with Crippen LogP contribution < -0.4 is 0 Å². The second-order valence-electron chi connectivity index (χ2n) is 9.41. The molecule has 1 aromatic carbocycles. The lowest BCUT2D eigenvalue weighted by Gasteiger charge is -2.49. The molecule has 0 unspecified atom stereocenters. The molecule has 3 rings (SSSR count). The number of hydrogen-bond acceptors (Lipinski definition) is 5. The van der Waals surface area contributed by atoms with Gasteiger partial charge in [0.2, 0.25) is 0 Å². The summed E-state index contributed by atoms with van der Waals surface area (Å²) in [6.07, 6.45) is 8.65. The highest BCUT2D eigenvalue weighted by Crippen LogP contribution is 2.61. The predicted molar refractivity (Wildman–Crippen MR) is 117 cm³/mol. The normalized spacial score (nSPS) is 32.7. The maximum absolute atomic E-state index is 11.6. The van der Waals surface area contributed by atoms with Crippen LogP contribution in [0.4, 0.5) is 0 Å².